The first-order valence-corrected chi connectivity index (χ1v) is 9.36. The number of benzene rings is 2. The van der Waals surface area contributed by atoms with E-state index in [1.807, 2.05) is 37.3 Å². The summed E-state index contributed by atoms with van der Waals surface area (Å²) in [7, 11) is 0. The lowest BCUT2D eigenvalue weighted by Crippen LogP contribution is -2.39. The number of hydrogen-bond donors (Lipinski definition) is 1. The summed E-state index contributed by atoms with van der Waals surface area (Å²) in [5.74, 6) is -1.31. The Morgan fingerprint density at radius 2 is 1.90 bits per heavy atom. The summed E-state index contributed by atoms with van der Waals surface area (Å²) >= 11 is 0. The fourth-order valence-electron chi connectivity index (χ4n) is 3.66. The third-order valence-corrected chi connectivity index (χ3v) is 4.97. The molecule has 2 aromatic carbocycles. The van der Waals surface area contributed by atoms with Gasteiger partial charge < -0.3 is 10.5 Å². The number of carbonyl (C=O) groups excluding carboxylic acids is 1. The van der Waals surface area contributed by atoms with Crippen LogP contribution in [0.1, 0.15) is 25.3 Å². The smallest absolute Gasteiger partial charge is 0.332 e. The molecule has 148 valence electrons. The minimum Gasteiger partial charge on any atom is -0.463 e. The van der Waals surface area contributed by atoms with Gasteiger partial charge in [-0.05, 0) is 36.8 Å². The molecule has 0 saturated heterocycles. The summed E-state index contributed by atoms with van der Waals surface area (Å²) < 4.78 is 18.5. The van der Waals surface area contributed by atoms with E-state index in [4.69, 9.17) is 10.5 Å². The summed E-state index contributed by atoms with van der Waals surface area (Å²) in [5.41, 5.74) is 8.91. The zero-order valence-electron chi connectivity index (χ0n) is 16.3. The predicted molar refractivity (Wildman–Crippen MR) is 109 cm³/mol. The second kappa shape index (κ2) is 8.61. The number of esters is 1. The van der Waals surface area contributed by atoms with Crippen molar-refractivity contribution in [3.8, 4) is 6.07 Å². The van der Waals surface area contributed by atoms with Gasteiger partial charge in [-0.15, -0.1) is 0 Å². The molecule has 29 heavy (non-hydrogen) atoms. The van der Waals surface area contributed by atoms with Crippen LogP contribution in [0.5, 0.6) is 0 Å². The molecule has 6 heteroatoms. The van der Waals surface area contributed by atoms with Crippen LogP contribution in [0.4, 0.5) is 10.1 Å². The Kier molecular flexibility index (Phi) is 5.99. The van der Waals surface area contributed by atoms with Gasteiger partial charge in [0.15, 0.2) is 0 Å². The molecule has 0 saturated carbocycles. The van der Waals surface area contributed by atoms with Crippen molar-refractivity contribution < 1.29 is 13.9 Å². The number of nitrogens with zero attached hydrogens (tertiary/aromatic N) is 2. The van der Waals surface area contributed by atoms with Gasteiger partial charge >= 0.3 is 5.97 Å². The molecule has 3 rings (SSSR count). The lowest BCUT2D eigenvalue weighted by Gasteiger charge is -2.40. The van der Waals surface area contributed by atoms with Gasteiger partial charge in [0.1, 0.15) is 11.6 Å². The zero-order chi connectivity index (χ0) is 21.0. The van der Waals surface area contributed by atoms with Gasteiger partial charge in [0, 0.05) is 29.3 Å². The molecule has 0 spiro atoms. The van der Waals surface area contributed by atoms with Crippen molar-refractivity contribution in [3.05, 3.63) is 89.1 Å². The van der Waals surface area contributed by atoms with Crippen molar-refractivity contribution in [2.45, 2.75) is 19.8 Å². The average molecular weight is 391 g/mol. The molecule has 0 fully saturated rings. The number of rotatable bonds is 4. The summed E-state index contributed by atoms with van der Waals surface area (Å²) in [6.07, 6.45) is 1.42. The van der Waals surface area contributed by atoms with E-state index < -0.39 is 11.9 Å². The predicted octanol–water partition coefficient (Wildman–Crippen LogP) is 4.21. The van der Waals surface area contributed by atoms with Crippen LogP contribution < -0.4 is 10.6 Å². The van der Waals surface area contributed by atoms with E-state index in [1.165, 1.54) is 18.2 Å². The van der Waals surface area contributed by atoms with Crippen molar-refractivity contribution in [1.29, 1.82) is 5.26 Å². The molecule has 0 aliphatic carbocycles. The van der Waals surface area contributed by atoms with E-state index in [1.54, 1.807) is 24.0 Å². The Morgan fingerprint density at radius 3 is 2.48 bits per heavy atom. The highest BCUT2D eigenvalue weighted by molar-refractivity contribution is 5.85. The Bertz CT molecular complexity index is 991. The van der Waals surface area contributed by atoms with E-state index in [0.717, 1.165) is 11.3 Å². The standard InChI is InChI=1S/C23H22FN3O2/c1-3-29-21(28)13-20-15(2)22(16-9-11-17(24)12-10-16)19(14-25)23(26)27(20)18-7-5-4-6-8-18/h4-13,15,22H,3,26H2,1-2H3/b20-13+/t15-,22-/m0/s1. The van der Waals surface area contributed by atoms with E-state index in [2.05, 4.69) is 6.07 Å². The minimum absolute atomic E-state index is 0.238. The molecule has 1 aliphatic heterocycles. The molecule has 0 radical (unpaired) electrons. The van der Waals surface area contributed by atoms with Gasteiger partial charge in [-0.3, -0.25) is 4.90 Å². The molecule has 1 heterocycles. The second-order valence-electron chi connectivity index (χ2n) is 6.72. The molecule has 0 amide bonds. The Hall–Kier alpha value is -3.59. The molecular formula is C23H22FN3O2. The molecule has 2 aromatic rings. The molecule has 0 bridgehead atoms. The number of para-hydroxylation sites is 1. The van der Waals surface area contributed by atoms with Crippen LogP contribution in [0.25, 0.3) is 0 Å². The molecule has 2 N–H and O–H groups in total. The fourth-order valence-corrected chi connectivity index (χ4v) is 3.66. The van der Waals surface area contributed by atoms with Crippen molar-refractivity contribution in [2.24, 2.45) is 11.7 Å². The molecule has 0 unspecified atom stereocenters. The highest BCUT2D eigenvalue weighted by atomic mass is 19.1. The quantitative estimate of drug-likeness (QED) is 0.624. The number of halogens is 1. The first-order valence-electron chi connectivity index (χ1n) is 9.36. The van der Waals surface area contributed by atoms with Crippen LogP contribution >= 0.6 is 0 Å². The minimum atomic E-state index is -0.485. The number of allylic oxidation sites excluding steroid dienone is 2. The van der Waals surface area contributed by atoms with Gasteiger partial charge in [0.2, 0.25) is 0 Å². The van der Waals surface area contributed by atoms with Gasteiger partial charge in [-0.25, -0.2) is 9.18 Å². The number of nitriles is 1. The SMILES string of the molecule is CCOC(=O)/C=C1\[C@H](C)[C@@H](c2ccc(F)cc2)C(C#N)=C(N)N1c1ccccc1. The topological polar surface area (TPSA) is 79.3 Å². The van der Waals surface area contributed by atoms with E-state index >= 15 is 0 Å². The van der Waals surface area contributed by atoms with Crippen LogP contribution in [0.2, 0.25) is 0 Å². The molecule has 5 nitrogen and oxygen atoms in total. The van der Waals surface area contributed by atoms with Gasteiger partial charge in [-0.1, -0.05) is 37.3 Å². The van der Waals surface area contributed by atoms with Crippen LogP contribution in [0, 0.1) is 23.1 Å². The largest absolute Gasteiger partial charge is 0.463 e. The average Bonchev–Trinajstić information content (AvgIpc) is 2.72. The third-order valence-electron chi connectivity index (χ3n) is 4.97. The van der Waals surface area contributed by atoms with Crippen molar-refractivity contribution in [3.63, 3.8) is 0 Å². The van der Waals surface area contributed by atoms with Crippen LogP contribution in [-0.4, -0.2) is 12.6 Å². The zero-order valence-corrected chi connectivity index (χ0v) is 16.3. The summed E-state index contributed by atoms with van der Waals surface area (Å²) in [4.78, 5) is 14.0. The van der Waals surface area contributed by atoms with Crippen LogP contribution in [0.3, 0.4) is 0 Å². The second-order valence-corrected chi connectivity index (χ2v) is 6.72. The Morgan fingerprint density at radius 1 is 1.24 bits per heavy atom. The molecular weight excluding hydrogens is 369 g/mol. The van der Waals surface area contributed by atoms with Crippen LogP contribution in [-0.2, 0) is 9.53 Å². The maximum atomic E-state index is 13.4. The Labute approximate surface area is 169 Å². The van der Waals surface area contributed by atoms with E-state index in [0.29, 0.717) is 11.3 Å². The van der Waals surface area contributed by atoms with Crippen LogP contribution in [0.15, 0.2) is 77.8 Å². The number of ether oxygens (including phenoxy) is 1. The summed E-state index contributed by atoms with van der Waals surface area (Å²) in [5, 5.41) is 9.88. The molecule has 2 atom stereocenters. The highest BCUT2D eigenvalue weighted by Crippen LogP contribution is 2.44. The number of carbonyl (C=O) groups is 1. The number of anilines is 1. The molecule has 0 aromatic heterocycles. The van der Waals surface area contributed by atoms with Gasteiger partial charge in [-0.2, -0.15) is 5.26 Å². The number of nitrogens with two attached hydrogens (primary N) is 1. The first kappa shape index (κ1) is 20.2. The number of hydrogen-bond acceptors (Lipinski definition) is 5. The maximum absolute atomic E-state index is 13.4. The Balaban J connectivity index is 2.21. The van der Waals surface area contributed by atoms with Crippen molar-refractivity contribution in [2.75, 3.05) is 11.5 Å². The lowest BCUT2D eigenvalue weighted by atomic mass is 9.76. The highest BCUT2D eigenvalue weighted by Gasteiger charge is 2.38. The third kappa shape index (κ3) is 3.99. The fraction of sp³-hybridized carbons (Fsp3) is 0.217. The monoisotopic (exact) mass is 391 g/mol. The summed E-state index contributed by atoms with van der Waals surface area (Å²) in [6.45, 7) is 3.90. The first-order chi connectivity index (χ1) is 14.0. The summed E-state index contributed by atoms with van der Waals surface area (Å²) in [6, 6.07) is 17.5. The van der Waals surface area contributed by atoms with Gasteiger partial charge in [0.05, 0.1) is 18.2 Å². The van der Waals surface area contributed by atoms with Gasteiger partial charge in [0.25, 0.3) is 0 Å². The van der Waals surface area contributed by atoms with E-state index in [9.17, 15) is 14.4 Å². The normalized spacial score (nSPS) is 20.5. The van der Waals surface area contributed by atoms with Crippen molar-refractivity contribution in [1.82, 2.24) is 0 Å². The van der Waals surface area contributed by atoms with E-state index in [-0.39, 0.29) is 24.2 Å². The molecule has 1 aliphatic rings. The van der Waals surface area contributed by atoms with Crippen molar-refractivity contribution >= 4 is 11.7 Å². The maximum Gasteiger partial charge on any atom is 0.332 e. The lowest BCUT2D eigenvalue weighted by molar-refractivity contribution is -0.137.